The second-order valence-corrected chi connectivity index (χ2v) is 6.56. The normalized spacial score (nSPS) is 11.0. The van der Waals surface area contributed by atoms with Crippen LogP contribution in [-0.2, 0) is 11.2 Å². The highest BCUT2D eigenvalue weighted by molar-refractivity contribution is 6.03. The van der Waals surface area contributed by atoms with Crippen LogP contribution >= 0.6 is 0 Å². The lowest BCUT2D eigenvalue weighted by atomic mass is 10.0. The molecule has 0 radical (unpaired) electrons. The highest BCUT2D eigenvalue weighted by Gasteiger charge is 2.06. The van der Waals surface area contributed by atoms with Gasteiger partial charge in [-0.2, -0.15) is 0 Å². The Morgan fingerprint density at radius 1 is 0.857 bits per heavy atom. The summed E-state index contributed by atoms with van der Waals surface area (Å²) < 4.78 is 0. The SMILES string of the molecule is O=C(/C=C/c1cccc2cccnc12)Nc1ccccc1Cc1ccccc1. The summed E-state index contributed by atoms with van der Waals surface area (Å²) in [6.45, 7) is 0. The van der Waals surface area contributed by atoms with Gasteiger partial charge in [-0.3, -0.25) is 9.78 Å². The maximum absolute atomic E-state index is 12.5. The minimum Gasteiger partial charge on any atom is -0.322 e. The van der Waals surface area contributed by atoms with Crippen LogP contribution in [0.15, 0.2) is 97.2 Å². The van der Waals surface area contributed by atoms with Gasteiger partial charge in [0.1, 0.15) is 0 Å². The molecule has 1 aromatic heterocycles. The van der Waals surface area contributed by atoms with Gasteiger partial charge in [-0.15, -0.1) is 0 Å². The summed E-state index contributed by atoms with van der Waals surface area (Å²) in [7, 11) is 0. The van der Waals surface area contributed by atoms with Gasteiger partial charge in [0.05, 0.1) is 5.52 Å². The highest BCUT2D eigenvalue weighted by Crippen LogP contribution is 2.20. The molecule has 0 atom stereocenters. The lowest BCUT2D eigenvalue weighted by molar-refractivity contribution is -0.111. The first-order valence-corrected chi connectivity index (χ1v) is 9.24. The third kappa shape index (κ3) is 4.15. The Labute approximate surface area is 164 Å². The number of fused-ring (bicyclic) bond motifs is 1. The third-order valence-electron chi connectivity index (χ3n) is 4.59. The van der Waals surface area contributed by atoms with E-state index in [1.165, 1.54) is 5.56 Å². The molecule has 0 aliphatic rings. The molecule has 0 bridgehead atoms. The average Bonchev–Trinajstić information content (AvgIpc) is 2.74. The summed E-state index contributed by atoms with van der Waals surface area (Å²) in [6, 6.07) is 28.0. The van der Waals surface area contributed by atoms with Crippen molar-refractivity contribution in [1.82, 2.24) is 4.98 Å². The molecule has 3 aromatic carbocycles. The van der Waals surface area contributed by atoms with E-state index in [-0.39, 0.29) is 5.91 Å². The van der Waals surface area contributed by atoms with Crippen LogP contribution in [0.25, 0.3) is 17.0 Å². The molecule has 3 heteroatoms. The fraction of sp³-hybridized carbons (Fsp3) is 0.0400. The predicted molar refractivity (Wildman–Crippen MR) is 115 cm³/mol. The number of para-hydroxylation sites is 2. The number of rotatable bonds is 5. The second-order valence-electron chi connectivity index (χ2n) is 6.56. The number of carbonyl (C=O) groups is 1. The van der Waals surface area contributed by atoms with Crippen LogP contribution in [0.2, 0.25) is 0 Å². The van der Waals surface area contributed by atoms with Crippen molar-refractivity contribution in [2.24, 2.45) is 0 Å². The van der Waals surface area contributed by atoms with E-state index in [1.54, 1.807) is 12.3 Å². The summed E-state index contributed by atoms with van der Waals surface area (Å²) >= 11 is 0. The zero-order valence-corrected chi connectivity index (χ0v) is 15.4. The number of nitrogens with zero attached hydrogens (tertiary/aromatic N) is 1. The molecule has 0 aliphatic heterocycles. The lowest BCUT2D eigenvalue weighted by Gasteiger charge is -2.10. The van der Waals surface area contributed by atoms with Gasteiger partial charge in [-0.05, 0) is 35.8 Å². The van der Waals surface area contributed by atoms with Gasteiger partial charge in [-0.1, -0.05) is 72.8 Å². The molecule has 4 aromatic rings. The van der Waals surface area contributed by atoms with Gasteiger partial charge in [-0.25, -0.2) is 0 Å². The Morgan fingerprint density at radius 2 is 1.64 bits per heavy atom. The minimum absolute atomic E-state index is 0.159. The van der Waals surface area contributed by atoms with Gasteiger partial charge in [0, 0.05) is 28.9 Å². The first-order valence-electron chi connectivity index (χ1n) is 9.24. The van der Waals surface area contributed by atoms with Crippen molar-refractivity contribution < 1.29 is 4.79 Å². The maximum Gasteiger partial charge on any atom is 0.248 e. The third-order valence-corrected chi connectivity index (χ3v) is 4.59. The molecule has 4 rings (SSSR count). The van der Waals surface area contributed by atoms with E-state index in [2.05, 4.69) is 22.4 Å². The number of anilines is 1. The largest absolute Gasteiger partial charge is 0.322 e. The van der Waals surface area contributed by atoms with E-state index in [0.717, 1.165) is 34.1 Å². The van der Waals surface area contributed by atoms with Crippen molar-refractivity contribution in [2.45, 2.75) is 6.42 Å². The first-order chi connectivity index (χ1) is 13.8. The van der Waals surface area contributed by atoms with Gasteiger partial charge in [0.2, 0.25) is 5.91 Å². The summed E-state index contributed by atoms with van der Waals surface area (Å²) in [5.41, 5.74) is 4.94. The maximum atomic E-state index is 12.5. The van der Waals surface area contributed by atoms with Crippen molar-refractivity contribution in [3.05, 3.63) is 114 Å². The monoisotopic (exact) mass is 364 g/mol. The second kappa shape index (κ2) is 8.31. The minimum atomic E-state index is -0.159. The Kier molecular flexibility index (Phi) is 5.25. The number of hydrogen-bond acceptors (Lipinski definition) is 2. The molecule has 1 heterocycles. The number of hydrogen-bond donors (Lipinski definition) is 1. The quantitative estimate of drug-likeness (QED) is 0.477. The molecule has 0 fully saturated rings. The van der Waals surface area contributed by atoms with Gasteiger partial charge in [0.25, 0.3) is 0 Å². The Morgan fingerprint density at radius 3 is 2.54 bits per heavy atom. The molecule has 0 aliphatic carbocycles. The average molecular weight is 364 g/mol. The van der Waals surface area contributed by atoms with Gasteiger partial charge in [0.15, 0.2) is 0 Å². The van der Waals surface area contributed by atoms with E-state index in [9.17, 15) is 4.79 Å². The number of carbonyl (C=O) groups excluding carboxylic acids is 1. The zero-order valence-electron chi connectivity index (χ0n) is 15.4. The van der Waals surface area contributed by atoms with E-state index >= 15 is 0 Å². The van der Waals surface area contributed by atoms with E-state index < -0.39 is 0 Å². The Balaban J connectivity index is 1.52. The van der Waals surface area contributed by atoms with E-state index in [4.69, 9.17) is 0 Å². The molecule has 0 saturated heterocycles. The number of nitrogens with one attached hydrogen (secondary N) is 1. The van der Waals surface area contributed by atoms with Crippen molar-refractivity contribution in [1.29, 1.82) is 0 Å². The smallest absolute Gasteiger partial charge is 0.248 e. The molecular formula is C25H20N2O. The van der Waals surface area contributed by atoms with Crippen LogP contribution in [0.3, 0.4) is 0 Å². The summed E-state index contributed by atoms with van der Waals surface area (Å²) in [5, 5.41) is 4.06. The molecule has 0 unspecified atom stereocenters. The highest BCUT2D eigenvalue weighted by atomic mass is 16.1. The molecule has 0 spiro atoms. The zero-order chi connectivity index (χ0) is 19.2. The summed E-state index contributed by atoms with van der Waals surface area (Å²) in [4.78, 5) is 16.9. The number of benzene rings is 3. The number of amides is 1. The molecule has 1 amide bonds. The van der Waals surface area contributed by atoms with E-state index in [0.29, 0.717) is 0 Å². The Hall–Kier alpha value is -3.72. The Bertz CT molecular complexity index is 1130. The molecule has 3 nitrogen and oxygen atoms in total. The molecule has 0 saturated carbocycles. The van der Waals surface area contributed by atoms with Crippen LogP contribution in [-0.4, -0.2) is 10.9 Å². The van der Waals surface area contributed by atoms with Crippen molar-refractivity contribution in [3.63, 3.8) is 0 Å². The molecule has 28 heavy (non-hydrogen) atoms. The fourth-order valence-corrected chi connectivity index (χ4v) is 3.21. The summed E-state index contributed by atoms with van der Waals surface area (Å²) in [6.07, 6.45) is 5.90. The van der Waals surface area contributed by atoms with Gasteiger partial charge < -0.3 is 5.32 Å². The molecule has 1 N–H and O–H groups in total. The van der Waals surface area contributed by atoms with E-state index in [1.807, 2.05) is 78.9 Å². The molecule has 136 valence electrons. The lowest BCUT2D eigenvalue weighted by Crippen LogP contribution is -2.10. The topological polar surface area (TPSA) is 42.0 Å². The van der Waals surface area contributed by atoms with Crippen LogP contribution in [0.5, 0.6) is 0 Å². The van der Waals surface area contributed by atoms with Crippen LogP contribution in [0.1, 0.15) is 16.7 Å². The first kappa shape index (κ1) is 17.7. The van der Waals surface area contributed by atoms with Crippen LogP contribution < -0.4 is 5.32 Å². The van der Waals surface area contributed by atoms with Crippen molar-refractivity contribution in [2.75, 3.05) is 5.32 Å². The van der Waals surface area contributed by atoms with Crippen LogP contribution in [0.4, 0.5) is 5.69 Å². The van der Waals surface area contributed by atoms with Crippen molar-refractivity contribution in [3.8, 4) is 0 Å². The van der Waals surface area contributed by atoms with Crippen LogP contribution in [0, 0.1) is 0 Å². The summed E-state index contributed by atoms with van der Waals surface area (Å²) in [5.74, 6) is -0.159. The van der Waals surface area contributed by atoms with Crippen molar-refractivity contribution >= 4 is 28.6 Å². The number of pyridine rings is 1. The number of aromatic nitrogens is 1. The fourth-order valence-electron chi connectivity index (χ4n) is 3.21. The molecular weight excluding hydrogens is 344 g/mol. The van der Waals surface area contributed by atoms with Gasteiger partial charge >= 0.3 is 0 Å². The standard InChI is InChI=1S/C25H20N2O/c28-24(16-15-21-12-6-11-20-13-7-17-26-25(20)21)27-23-14-5-4-10-22(23)18-19-8-2-1-3-9-19/h1-17H,18H2,(H,27,28)/b16-15+. The predicted octanol–water partition coefficient (Wildman–Crippen LogP) is 5.48.